The Morgan fingerprint density at radius 3 is 2.24 bits per heavy atom. The molecule has 0 fully saturated rings. The van der Waals surface area contributed by atoms with Gasteiger partial charge in [0.1, 0.15) is 5.82 Å². The molecule has 1 N–H and O–H groups in total. The highest BCUT2D eigenvalue weighted by molar-refractivity contribution is 5.91. The van der Waals surface area contributed by atoms with Crippen molar-refractivity contribution in [3.8, 4) is 0 Å². The molecule has 1 amide bonds. The molecule has 0 saturated carbocycles. The summed E-state index contributed by atoms with van der Waals surface area (Å²) in [6, 6.07) is 11.9. The molecule has 110 valence electrons. The molecule has 2 rings (SSSR count). The van der Waals surface area contributed by atoms with Gasteiger partial charge in [-0.15, -0.1) is 10.2 Å². The molecule has 0 radical (unpaired) electrons. The van der Waals surface area contributed by atoms with E-state index in [1.54, 1.807) is 26.2 Å². The number of nitrogens with one attached hydrogen (secondary N) is 1. The van der Waals surface area contributed by atoms with E-state index in [0.29, 0.717) is 18.1 Å². The van der Waals surface area contributed by atoms with Crippen molar-refractivity contribution in [1.29, 1.82) is 0 Å². The van der Waals surface area contributed by atoms with Crippen LogP contribution in [0, 0.1) is 0 Å². The van der Waals surface area contributed by atoms with Crippen LogP contribution < -0.4 is 5.32 Å². The molecule has 5 heteroatoms. The third-order valence-corrected chi connectivity index (χ3v) is 3.19. The van der Waals surface area contributed by atoms with Crippen LogP contribution in [-0.2, 0) is 13.0 Å². The highest BCUT2D eigenvalue weighted by Gasteiger charge is 2.09. The molecule has 0 aliphatic carbocycles. The smallest absolute Gasteiger partial charge is 0.273 e. The number of anilines is 1. The van der Waals surface area contributed by atoms with Crippen molar-refractivity contribution in [1.82, 2.24) is 15.1 Å². The molecule has 1 aromatic heterocycles. The highest BCUT2D eigenvalue weighted by Crippen LogP contribution is 2.08. The molecule has 0 bridgehead atoms. The number of rotatable bonds is 5. The molecule has 0 saturated heterocycles. The van der Waals surface area contributed by atoms with E-state index in [0.717, 1.165) is 6.42 Å². The van der Waals surface area contributed by atoms with Gasteiger partial charge in [-0.3, -0.25) is 4.79 Å². The van der Waals surface area contributed by atoms with Gasteiger partial charge in [-0.1, -0.05) is 31.2 Å². The van der Waals surface area contributed by atoms with Crippen LogP contribution in [0.3, 0.4) is 0 Å². The van der Waals surface area contributed by atoms with Crippen LogP contribution in [0.5, 0.6) is 0 Å². The van der Waals surface area contributed by atoms with E-state index < -0.39 is 0 Å². The largest absolute Gasteiger partial charge is 0.365 e. The van der Waals surface area contributed by atoms with Gasteiger partial charge in [0, 0.05) is 20.6 Å². The second-order valence-electron chi connectivity index (χ2n) is 5.03. The van der Waals surface area contributed by atoms with Crippen LogP contribution in [-0.4, -0.2) is 35.1 Å². The average molecular weight is 284 g/mol. The summed E-state index contributed by atoms with van der Waals surface area (Å²) in [5, 5.41) is 11.2. The molecule has 0 spiro atoms. The molecule has 0 aliphatic heterocycles. The minimum atomic E-state index is -0.149. The van der Waals surface area contributed by atoms with Crippen molar-refractivity contribution >= 4 is 11.7 Å². The van der Waals surface area contributed by atoms with E-state index in [1.807, 2.05) is 0 Å². The lowest BCUT2D eigenvalue weighted by Gasteiger charge is -2.09. The van der Waals surface area contributed by atoms with Gasteiger partial charge in [0.2, 0.25) is 0 Å². The van der Waals surface area contributed by atoms with Crippen LogP contribution >= 0.6 is 0 Å². The van der Waals surface area contributed by atoms with E-state index in [2.05, 4.69) is 46.7 Å². The Labute approximate surface area is 125 Å². The molecule has 1 heterocycles. The van der Waals surface area contributed by atoms with Gasteiger partial charge in [-0.25, -0.2) is 0 Å². The Morgan fingerprint density at radius 1 is 1.05 bits per heavy atom. The summed E-state index contributed by atoms with van der Waals surface area (Å²) in [6.07, 6.45) is 1.04. The molecular formula is C16H20N4O. The summed E-state index contributed by atoms with van der Waals surface area (Å²) in [5.74, 6) is 0.508. The number of aromatic nitrogens is 2. The maximum absolute atomic E-state index is 11.7. The maximum Gasteiger partial charge on any atom is 0.273 e. The lowest BCUT2D eigenvalue weighted by Crippen LogP contribution is -2.23. The quantitative estimate of drug-likeness (QED) is 0.915. The topological polar surface area (TPSA) is 58.1 Å². The maximum atomic E-state index is 11.7. The van der Waals surface area contributed by atoms with Crippen LogP contribution in [0.2, 0.25) is 0 Å². The third-order valence-electron chi connectivity index (χ3n) is 3.19. The normalized spacial score (nSPS) is 10.2. The Balaban J connectivity index is 1.95. The number of hydrogen-bond acceptors (Lipinski definition) is 4. The predicted octanol–water partition coefficient (Wildman–Crippen LogP) is 2.35. The van der Waals surface area contributed by atoms with Gasteiger partial charge in [0.25, 0.3) is 5.91 Å². The van der Waals surface area contributed by atoms with Crippen molar-refractivity contribution in [2.45, 2.75) is 19.9 Å². The van der Waals surface area contributed by atoms with E-state index in [9.17, 15) is 4.79 Å². The minimum Gasteiger partial charge on any atom is -0.365 e. The molecule has 0 unspecified atom stereocenters. The third kappa shape index (κ3) is 4.02. The molecule has 1 aromatic carbocycles. The first-order valence-corrected chi connectivity index (χ1v) is 6.97. The van der Waals surface area contributed by atoms with Crippen LogP contribution in [0.1, 0.15) is 28.5 Å². The number of carbonyl (C=O) groups is 1. The monoisotopic (exact) mass is 284 g/mol. The van der Waals surface area contributed by atoms with Gasteiger partial charge < -0.3 is 10.2 Å². The van der Waals surface area contributed by atoms with Gasteiger partial charge in [-0.2, -0.15) is 0 Å². The average Bonchev–Trinajstić information content (AvgIpc) is 2.53. The molecule has 2 aromatic rings. The molecule has 0 atom stereocenters. The summed E-state index contributed by atoms with van der Waals surface area (Å²) >= 11 is 0. The Morgan fingerprint density at radius 2 is 1.71 bits per heavy atom. The second kappa shape index (κ2) is 6.83. The van der Waals surface area contributed by atoms with Gasteiger partial charge in [-0.05, 0) is 29.7 Å². The van der Waals surface area contributed by atoms with E-state index in [1.165, 1.54) is 16.0 Å². The summed E-state index contributed by atoms with van der Waals surface area (Å²) < 4.78 is 0. The fraction of sp³-hybridized carbons (Fsp3) is 0.312. The highest BCUT2D eigenvalue weighted by atomic mass is 16.2. The van der Waals surface area contributed by atoms with Crippen molar-refractivity contribution in [2.75, 3.05) is 19.4 Å². The summed E-state index contributed by atoms with van der Waals surface area (Å²) in [4.78, 5) is 13.2. The lowest BCUT2D eigenvalue weighted by molar-refractivity contribution is 0.0821. The van der Waals surface area contributed by atoms with Gasteiger partial charge >= 0.3 is 0 Å². The Hall–Kier alpha value is -2.43. The summed E-state index contributed by atoms with van der Waals surface area (Å²) in [7, 11) is 3.38. The number of nitrogens with zero attached hydrogens (tertiary/aromatic N) is 3. The van der Waals surface area contributed by atoms with E-state index in [4.69, 9.17) is 0 Å². The number of carbonyl (C=O) groups excluding carboxylic acids is 1. The molecular weight excluding hydrogens is 264 g/mol. The van der Waals surface area contributed by atoms with E-state index in [-0.39, 0.29) is 5.91 Å². The SMILES string of the molecule is CCc1ccc(CNc2ccc(C(=O)N(C)C)nn2)cc1. The zero-order chi connectivity index (χ0) is 15.2. The first-order valence-electron chi connectivity index (χ1n) is 6.97. The van der Waals surface area contributed by atoms with Crippen LogP contribution in [0.25, 0.3) is 0 Å². The molecule has 21 heavy (non-hydrogen) atoms. The van der Waals surface area contributed by atoms with Crippen molar-refractivity contribution in [3.05, 3.63) is 53.2 Å². The standard InChI is InChI=1S/C16H20N4O/c1-4-12-5-7-13(8-6-12)11-17-15-10-9-14(18-19-15)16(21)20(2)3/h5-10H,4,11H2,1-3H3,(H,17,19). The zero-order valence-corrected chi connectivity index (χ0v) is 12.6. The second-order valence-corrected chi connectivity index (χ2v) is 5.03. The van der Waals surface area contributed by atoms with Crippen molar-refractivity contribution in [3.63, 3.8) is 0 Å². The summed E-state index contributed by atoms with van der Waals surface area (Å²) in [5.41, 5.74) is 2.85. The molecule has 5 nitrogen and oxygen atoms in total. The number of hydrogen-bond donors (Lipinski definition) is 1. The predicted molar refractivity (Wildman–Crippen MR) is 83.2 cm³/mol. The van der Waals surface area contributed by atoms with Crippen LogP contribution in [0.4, 0.5) is 5.82 Å². The van der Waals surface area contributed by atoms with Crippen LogP contribution in [0.15, 0.2) is 36.4 Å². The van der Waals surface area contributed by atoms with Crippen molar-refractivity contribution < 1.29 is 4.79 Å². The lowest BCUT2D eigenvalue weighted by atomic mass is 10.1. The van der Waals surface area contributed by atoms with Crippen molar-refractivity contribution in [2.24, 2.45) is 0 Å². The first-order chi connectivity index (χ1) is 10.1. The minimum absolute atomic E-state index is 0.149. The number of amides is 1. The Bertz CT molecular complexity index is 591. The fourth-order valence-corrected chi connectivity index (χ4v) is 1.86. The number of benzene rings is 1. The van der Waals surface area contributed by atoms with E-state index >= 15 is 0 Å². The number of aryl methyl sites for hydroxylation is 1. The van der Waals surface area contributed by atoms with Gasteiger partial charge in [0.15, 0.2) is 5.69 Å². The summed E-state index contributed by atoms with van der Waals surface area (Å²) in [6.45, 7) is 2.82. The van der Waals surface area contributed by atoms with Gasteiger partial charge in [0.05, 0.1) is 0 Å². The fourth-order valence-electron chi connectivity index (χ4n) is 1.86. The Kier molecular flexibility index (Phi) is 4.87. The molecule has 0 aliphatic rings. The first kappa shape index (κ1) is 15.0. The zero-order valence-electron chi connectivity index (χ0n) is 12.6.